The van der Waals surface area contributed by atoms with Crippen LogP contribution in [0.3, 0.4) is 0 Å². The van der Waals surface area contributed by atoms with E-state index in [2.05, 4.69) is 10.1 Å². The molecule has 2 aromatic rings. The van der Waals surface area contributed by atoms with Crippen molar-refractivity contribution in [2.75, 3.05) is 13.1 Å². The van der Waals surface area contributed by atoms with Crippen molar-refractivity contribution in [3.05, 3.63) is 47.3 Å². The monoisotopic (exact) mass is 316 g/mol. The van der Waals surface area contributed by atoms with E-state index >= 15 is 0 Å². The average Bonchev–Trinajstić information content (AvgIpc) is 2.86. The first kappa shape index (κ1) is 15.6. The quantitative estimate of drug-likeness (QED) is 0.874. The molecule has 2 heterocycles. The molecule has 0 spiro atoms. The van der Waals surface area contributed by atoms with Gasteiger partial charge in [-0.05, 0) is 44.4 Å². The first-order valence-corrected chi connectivity index (χ1v) is 7.95. The standard InChI is InChI=1S/C17H21FN4O/c1-12-19-13(2)22(20-12)16-7-4-8-21(11-16)17(23)10-14-5-3-6-15(18)9-14/h3,5-6,9,16H,4,7-8,10-11H2,1-2H3/t16-/m0/s1. The fourth-order valence-corrected chi connectivity index (χ4v) is 3.20. The Morgan fingerprint density at radius 1 is 1.39 bits per heavy atom. The normalized spacial score (nSPS) is 18.2. The summed E-state index contributed by atoms with van der Waals surface area (Å²) in [5, 5.41) is 4.44. The van der Waals surface area contributed by atoms with Gasteiger partial charge in [0, 0.05) is 13.1 Å². The van der Waals surface area contributed by atoms with E-state index in [9.17, 15) is 9.18 Å². The zero-order chi connectivity index (χ0) is 16.4. The average molecular weight is 316 g/mol. The Bertz CT molecular complexity index is 712. The third-order valence-electron chi connectivity index (χ3n) is 4.25. The number of carbonyl (C=O) groups is 1. The Morgan fingerprint density at radius 2 is 2.22 bits per heavy atom. The van der Waals surface area contributed by atoms with Crippen LogP contribution in [0, 0.1) is 19.7 Å². The largest absolute Gasteiger partial charge is 0.340 e. The SMILES string of the molecule is Cc1nc(C)n([C@H]2CCCN(C(=O)Cc3cccc(F)c3)C2)n1. The maximum Gasteiger partial charge on any atom is 0.227 e. The molecule has 1 aliphatic heterocycles. The number of hydrogen-bond acceptors (Lipinski definition) is 3. The van der Waals surface area contributed by atoms with Crippen LogP contribution in [-0.4, -0.2) is 38.7 Å². The summed E-state index contributed by atoms with van der Waals surface area (Å²) in [5.74, 6) is 1.37. The number of carbonyl (C=O) groups excluding carboxylic acids is 1. The lowest BCUT2D eigenvalue weighted by Crippen LogP contribution is -2.41. The summed E-state index contributed by atoms with van der Waals surface area (Å²) in [4.78, 5) is 18.7. The Labute approximate surface area is 135 Å². The first-order chi connectivity index (χ1) is 11.0. The third-order valence-corrected chi connectivity index (χ3v) is 4.25. The van der Waals surface area contributed by atoms with E-state index in [1.165, 1.54) is 12.1 Å². The Morgan fingerprint density at radius 3 is 2.91 bits per heavy atom. The molecule has 23 heavy (non-hydrogen) atoms. The molecular weight excluding hydrogens is 295 g/mol. The molecule has 122 valence electrons. The molecule has 0 aliphatic carbocycles. The molecular formula is C17H21FN4O. The molecule has 3 rings (SSSR count). The second kappa shape index (κ2) is 6.48. The summed E-state index contributed by atoms with van der Waals surface area (Å²) in [6.45, 7) is 5.20. The minimum absolute atomic E-state index is 0.0368. The number of halogens is 1. The van der Waals surface area contributed by atoms with Gasteiger partial charge in [0.1, 0.15) is 17.5 Å². The molecule has 1 aromatic heterocycles. The van der Waals surface area contributed by atoms with E-state index in [4.69, 9.17) is 0 Å². The van der Waals surface area contributed by atoms with Gasteiger partial charge in [0.15, 0.2) is 0 Å². The van der Waals surface area contributed by atoms with E-state index in [-0.39, 0.29) is 24.2 Å². The predicted molar refractivity (Wildman–Crippen MR) is 84.5 cm³/mol. The molecule has 0 bridgehead atoms. The third kappa shape index (κ3) is 3.57. The number of aryl methyl sites for hydroxylation is 2. The topological polar surface area (TPSA) is 51.0 Å². The van der Waals surface area contributed by atoms with Gasteiger partial charge in [-0.3, -0.25) is 4.79 Å². The van der Waals surface area contributed by atoms with E-state index in [1.54, 1.807) is 12.1 Å². The van der Waals surface area contributed by atoms with E-state index in [1.807, 2.05) is 23.4 Å². The Hall–Kier alpha value is -2.24. The van der Waals surface area contributed by atoms with Crippen molar-refractivity contribution in [3.63, 3.8) is 0 Å². The van der Waals surface area contributed by atoms with Crippen molar-refractivity contribution in [2.24, 2.45) is 0 Å². The number of hydrogen-bond donors (Lipinski definition) is 0. The van der Waals surface area contributed by atoms with E-state index < -0.39 is 0 Å². The van der Waals surface area contributed by atoms with Crippen molar-refractivity contribution in [1.29, 1.82) is 0 Å². The Kier molecular flexibility index (Phi) is 4.41. The number of benzene rings is 1. The zero-order valence-electron chi connectivity index (χ0n) is 13.5. The fraction of sp³-hybridized carbons (Fsp3) is 0.471. The van der Waals surface area contributed by atoms with Crippen LogP contribution in [0.5, 0.6) is 0 Å². The molecule has 0 N–H and O–H groups in total. The van der Waals surface area contributed by atoms with Crippen LogP contribution in [0.4, 0.5) is 4.39 Å². The first-order valence-electron chi connectivity index (χ1n) is 7.95. The number of piperidine rings is 1. The molecule has 0 saturated carbocycles. The molecule has 5 nitrogen and oxygen atoms in total. The highest BCUT2D eigenvalue weighted by Crippen LogP contribution is 2.22. The lowest BCUT2D eigenvalue weighted by molar-refractivity contribution is -0.132. The summed E-state index contributed by atoms with van der Waals surface area (Å²) >= 11 is 0. The van der Waals surface area contributed by atoms with Crippen LogP contribution in [0.25, 0.3) is 0 Å². The molecule has 1 aliphatic rings. The summed E-state index contributed by atoms with van der Waals surface area (Å²) in [5.41, 5.74) is 0.713. The zero-order valence-corrected chi connectivity index (χ0v) is 13.5. The number of likely N-dealkylation sites (tertiary alicyclic amines) is 1. The van der Waals surface area contributed by atoms with Gasteiger partial charge in [-0.25, -0.2) is 14.1 Å². The van der Waals surface area contributed by atoms with Crippen molar-refractivity contribution in [3.8, 4) is 0 Å². The molecule has 1 amide bonds. The number of amides is 1. The number of nitrogens with zero attached hydrogens (tertiary/aromatic N) is 4. The maximum absolute atomic E-state index is 13.2. The van der Waals surface area contributed by atoms with Crippen molar-refractivity contribution in [1.82, 2.24) is 19.7 Å². The minimum atomic E-state index is -0.305. The van der Waals surface area contributed by atoms with E-state index in [0.29, 0.717) is 12.1 Å². The van der Waals surface area contributed by atoms with Crippen molar-refractivity contribution >= 4 is 5.91 Å². The van der Waals surface area contributed by atoms with Gasteiger partial charge in [-0.2, -0.15) is 5.10 Å². The van der Waals surface area contributed by atoms with Gasteiger partial charge in [-0.15, -0.1) is 0 Å². The van der Waals surface area contributed by atoms with Gasteiger partial charge in [0.25, 0.3) is 0 Å². The minimum Gasteiger partial charge on any atom is -0.340 e. The van der Waals surface area contributed by atoms with Crippen molar-refractivity contribution in [2.45, 2.75) is 39.2 Å². The van der Waals surface area contributed by atoms with Crippen LogP contribution in [0.15, 0.2) is 24.3 Å². The molecule has 6 heteroatoms. The van der Waals surface area contributed by atoms with Crippen LogP contribution in [0.2, 0.25) is 0 Å². The highest BCUT2D eigenvalue weighted by atomic mass is 19.1. The second-order valence-electron chi connectivity index (χ2n) is 6.09. The molecule has 1 saturated heterocycles. The lowest BCUT2D eigenvalue weighted by atomic mass is 10.0. The van der Waals surface area contributed by atoms with Gasteiger partial charge in [0.05, 0.1) is 12.5 Å². The lowest BCUT2D eigenvalue weighted by Gasteiger charge is -2.33. The van der Waals surface area contributed by atoms with Gasteiger partial charge >= 0.3 is 0 Å². The smallest absolute Gasteiger partial charge is 0.227 e. The second-order valence-corrected chi connectivity index (χ2v) is 6.09. The highest BCUT2D eigenvalue weighted by Gasteiger charge is 2.26. The van der Waals surface area contributed by atoms with Crippen LogP contribution in [0.1, 0.15) is 36.1 Å². The van der Waals surface area contributed by atoms with Crippen LogP contribution in [-0.2, 0) is 11.2 Å². The van der Waals surface area contributed by atoms with Crippen molar-refractivity contribution < 1.29 is 9.18 Å². The number of rotatable bonds is 3. The number of aromatic nitrogens is 3. The van der Waals surface area contributed by atoms with Gasteiger partial charge in [-0.1, -0.05) is 12.1 Å². The molecule has 0 radical (unpaired) electrons. The predicted octanol–water partition coefficient (Wildman–Crippen LogP) is 2.44. The molecule has 1 fully saturated rings. The maximum atomic E-state index is 13.2. The van der Waals surface area contributed by atoms with Gasteiger partial charge in [0.2, 0.25) is 5.91 Å². The highest BCUT2D eigenvalue weighted by molar-refractivity contribution is 5.78. The van der Waals surface area contributed by atoms with Crippen LogP contribution < -0.4 is 0 Å². The summed E-state index contributed by atoms with van der Waals surface area (Å²) < 4.78 is 15.2. The Balaban J connectivity index is 1.68. The summed E-state index contributed by atoms with van der Waals surface area (Å²) in [6.07, 6.45) is 2.17. The molecule has 1 aromatic carbocycles. The summed E-state index contributed by atoms with van der Waals surface area (Å²) in [7, 11) is 0. The van der Waals surface area contributed by atoms with E-state index in [0.717, 1.165) is 31.0 Å². The molecule has 1 atom stereocenters. The summed E-state index contributed by atoms with van der Waals surface area (Å²) in [6, 6.07) is 6.40. The van der Waals surface area contributed by atoms with Crippen LogP contribution >= 0.6 is 0 Å². The fourth-order valence-electron chi connectivity index (χ4n) is 3.20. The van der Waals surface area contributed by atoms with Gasteiger partial charge < -0.3 is 4.90 Å². The molecule has 0 unspecified atom stereocenters.